The van der Waals surface area contributed by atoms with Gasteiger partial charge < -0.3 is 9.47 Å². The summed E-state index contributed by atoms with van der Waals surface area (Å²) in [5, 5.41) is 10.5. The molecule has 1 aromatic heterocycles. The number of thioether (sulfide) groups is 1. The zero-order valence-corrected chi connectivity index (χ0v) is 18.9. The van der Waals surface area contributed by atoms with Gasteiger partial charge in [0, 0.05) is 18.7 Å². The molecule has 0 bridgehead atoms. The zero-order valence-electron chi connectivity index (χ0n) is 18.0. The predicted octanol–water partition coefficient (Wildman–Crippen LogP) is 5.07. The van der Waals surface area contributed by atoms with Crippen LogP contribution in [0.4, 0.5) is 10.5 Å². The maximum atomic E-state index is 12.8. The average Bonchev–Trinajstić information content (AvgIpc) is 3.11. The highest BCUT2D eigenvalue weighted by Gasteiger charge is 2.34. The smallest absolute Gasteiger partial charge is 0.293 e. The molecule has 1 aliphatic rings. The Morgan fingerprint density at radius 2 is 1.88 bits per heavy atom. The molecule has 10 heteroatoms. The van der Waals surface area contributed by atoms with E-state index < -0.39 is 4.92 Å². The highest BCUT2D eigenvalue weighted by molar-refractivity contribution is 8.18. The number of carbonyl (C=O) groups is 2. The summed E-state index contributed by atoms with van der Waals surface area (Å²) < 4.78 is 11.1. The van der Waals surface area contributed by atoms with E-state index in [0.717, 1.165) is 23.5 Å². The second-order valence-corrected chi connectivity index (χ2v) is 8.19. The van der Waals surface area contributed by atoms with E-state index in [1.165, 1.54) is 24.1 Å². The number of benzene rings is 2. The minimum absolute atomic E-state index is 0.146. The van der Waals surface area contributed by atoms with Crippen molar-refractivity contribution in [3.63, 3.8) is 0 Å². The number of pyridine rings is 1. The molecule has 0 aliphatic carbocycles. The third kappa shape index (κ3) is 5.24. The maximum absolute atomic E-state index is 12.8. The van der Waals surface area contributed by atoms with Crippen LogP contribution in [0.3, 0.4) is 0 Å². The molecule has 1 aliphatic heterocycles. The van der Waals surface area contributed by atoms with Crippen molar-refractivity contribution in [1.82, 2.24) is 9.88 Å². The molecular formula is C24H19N3O6S. The molecule has 0 radical (unpaired) electrons. The summed E-state index contributed by atoms with van der Waals surface area (Å²) in [6, 6.07) is 17.3. The van der Waals surface area contributed by atoms with Gasteiger partial charge in [0.1, 0.15) is 6.20 Å². The highest BCUT2D eigenvalue weighted by Crippen LogP contribution is 2.36. The van der Waals surface area contributed by atoms with Crippen LogP contribution in [0.5, 0.6) is 17.4 Å². The molecule has 3 aromatic rings. The number of carbonyl (C=O) groups excluding carboxylic acids is 2. The fourth-order valence-corrected chi connectivity index (χ4v) is 4.11. The highest BCUT2D eigenvalue weighted by atomic mass is 32.2. The molecule has 4 rings (SSSR count). The van der Waals surface area contributed by atoms with Gasteiger partial charge in [-0.05, 0) is 47.5 Å². The monoisotopic (exact) mass is 477 g/mol. The third-order valence-corrected chi connectivity index (χ3v) is 5.88. The number of rotatable bonds is 8. The van der Waals surface area contributed by atoms with Crippen molar-refractivity contribution in [2.75, 3.05) is 13.7 Å². The topological polar surface area (TPSA) is 112 Å². The van der Waals surface area contributed by atoms with Gasteiger partial charge in [-0.2, -0.15) is 0 Å². The Bertz CT molecular complexity index is 1260. The van der Waals surface area contributed by atoms with Crippen molar-refractivity contribution in [3.8, 4) is 17.4 Å². The van der Waals surface area contributed by atoms with Crippen LogP contribution in [0.15, 0.2) is 71.8 Å². The number of hydrogen-bond donors (Lipinski definition) is 0. The predicted molar refractivity (Wildman–Crippen MR) is 127 cm³/mol. The van der Waals surface area contributed by atoms with E-state index in [9.17, 15) is 19.7 Å². The Kier molecular flexibility index (Phi) is 6.88. The summed E-state index contributed by atoms with van der Waals surface area (Å²) in [6.07, 6.45) is 3.32. The first-order chi connectivity index (χ1) is 16.4. The molecule has 1 saturated heterocycles. The standard InChI is InChI=1S/C24H19N3O6S/c1-32-20-13-17(7-9-19(20)33-22-10-8-18(15-25-22)27(30)31)14-21-23(28)26(24(29)34-21)12-11-16-5-3-2-4-6-16/h2-10,13-15H,11-12H2,1H3/b21-14+. The van der Waals surface area contributed by atoms with Crippen molar-refractivity contribution in [2.24, 2.45) is 0 Å². The van der Waals surface area contributed by atoms with E-state index in [1.807, 2.05) is 30.3 Å². The van der Waals surface area contributed by atoms with Crippen LogP contribution in [0.1, 0.15) is 11.1 Å². The van der Waals surface area contributed by atoms with Crippen molar-refractivity contribution in [3.05, 3.63) is 93.0 Å². The molecule has 2 aromatic carbocycles. The summed E-state index contributed by atoms with van der Waals surface area (Å²) in [4.78, 5) is 40.9. The van der Waals surface area contributed by atoms with E-state index in [1.54, 1.807) is 24.3 Å². The van der Waals surface area contributed by atoms with Crippen LogP contribution in [-0.4, -0.2) is 39.6 Å². The van der Waals surface area contributed by atoms with E-state index in [0.29, 0.717) is 34.9 Å². The van der Waals surface area contributed by atoms with Gasteiger partial charge in [-0.3, -0.25) is 24.6 Å². The van der Waals surface area contributed by atoms with Gasteiger partial charge in [-0.15, -0.1) is 0 Å². The summed E-state index contributed by atoms with van der Waals surface area (Å²) in [5.41, 5.74) is 1.55. The Hall–Kier alpha value is -4.18. The Balaban J connectivity index is 1.47. The molecule has 1 fully saturated rings. The number of nitro groups is 1. The fourth-order valence-electron chi connectivity index (χ4n) is 3.24. The minimum atomic E-state index is -0.546. The molecule has 9 nitrogen and oxygen atoms in total. The third-order valence-electron chi connectivity index (χ3n) is 4.97. The summed E-state index contributed by atoms with van der Waals surface area (Å²) in [6.45, 7) is 0.310. The molecule has 0 N–H and O–H groups in total. The fraction of sp³-hybridized carbons (Fsp3) is 0.125. The van der Waals surface area contributed by atoms with E-state index in [2.05, 4.69) is 4.98 Å². The molecule has 172 valence electrons. The Morgan fingerprint density at radius 3 is 2.56 bits per heavy atom. The molecule has 2 heterocycles. The van der Waals surface area contributed by atoms with E-state index in [4.69, 9.17) is 9.47 Å². The lowest BCUT2D eigenvalue weighted by Gasteiger charge is -2.12. The van der Waals surface area contributed by atoms with Crippen LogP contribution in [0.25, 0.3) is 6.08 Å². The van der Waals surface area contributed by atoms with Crippen molar-refractivity contribution >= 4 is 34.7 Å². The second kappa shape index (κ2) is 10.2. The van der Waals surface area contributed by atoms with Crippen molar-refractivity contribution < 1.29 is 24.0 Å². The van der Waals surface area contributed by atoms with Crippen molar-refractivity contribution in [2.45, 2.75) is 6.42 Å². The SMILES string of the molecule is COc1cc(/C=C2/SC(=O)N(CCc3ccccc3)C2=O)ccc1Oc1ccc([N+](=O)[O-])cn1. The van der Waals surface area contributed by atoms with Crippen molar-refractivity contribution in [1.29, 1.82) is 0 Å². The van der Waals surface area contributed by atoms with Gasteiger partial charge in [0.05, 0.1) is 16.9 Å². The Morgan fingerprint density at radius 1 is 1.09 bits per heavy atom. The lowest BCUT2D eigenvalue weighted by Crippen LogP contribution is -2.30. The quantitative estimate of drug-likeness (QED) is 0.251. The molecule has 2 amide bonds. The Labute approximate surface area is 199 Å². The number of imide groups is 1. The first kappa shape index (κ1) is 23.0. The largest absolute Gasteiger partial charge is 0.493 e. The van der Waals surface area contributed by atoms with Gasteiger partial charge in [0.25, 0.3) is 16.8 Å². The number of nitrogens with zero attached hydrogens (tertiary/aromatic N) is 3. The van der Waals surface area contributed by atoms with E-state index >= 15 is 0 Å². The normalized spacial score (nSPS) is 14.5. The van der Waals surface area contributed by atoms with Crippen LogP contribution >= 0.6 is 11.8 Å². The summed E-state index contributed by atoms with van der Waals surface area (Å²) >= 11 is 0.897. The van der Waals surface area contributed by atoms with Crippen LogP contribution in [-0.2, 0) is 11.2 Å². The molecular weight excluding hydrogens is 458 g/mol. The summed E-state index contributed by atoms with van der Waals surface area (Å²) in [7, 11) is 1.46. The molecule has 34 heavy (non-hydrogen) atoms. The molecule has 0 unspecified atom stereocenters. The molecule has 0 atom stereocenters. The number of aromatic nitrogens is 1. The first-order valence-corrected chi connectivity index (χ1v) is 11.0. The number of methoxy groups -OCH3 is 1. The molecule has 0 spiro atoms. The molecule has 0 saturated carbocycles. The van der Waals surface area contributed by atoms with E-state index in [-0.39, 0.29) is 22.7 Å². The van der Waals surface area contributed by atoms with Gasteiger partial charge >= 0.3 is 0 Å². The van der Waals surface area contributed by atoms with Crippen LogP contribution < -0.4 is 9.47 Å². The number of hydrogen-bond acceptors (Lipinski definition) is 8. The van der Waals surface area contributed by atoms with Gasteiger partial charge in [-0.25, -0.2) is 4.98 Å². The number of amides is 2. The van der Waals surface area contributed by atoms with Crippen LogP contribution in [0.2, 0.25) is 0 Å². The minimum Gasteiger partial charge on any atom is -0.493 e. The maximum Gasteiger partial charge on any atom is 0.293 e. The lowest BCUT2D eigenvalue weighted by atomic mass is 10.1. The van der Waals surface area contributed by atoms with Gasteiger partial charge in [-0.1, -0.05) is 36.4 Å². The first-order valence-electron chi connectivity index (χ1n) is 10.2. The van der Waals surface area contributed by atoms with Gasteiger partial charge in [0.15, 0.2) is 11.5 Å². The lowest BCUT2D eigenvalue weighted by molar-refractivity contribution is -0.385. The van der Waals surface area contributed by atoms with Gasteiger partial charge in [0.2, 0.25) is 5.88 Å². The van der Waals surface area contributed by atoms with Crippen LogP contribution in [0, 0.1) is 10.1 Å². The second-order valence-electron chi connectivity index (χ2n) is 7.19. The zero-order chi connectivity index (χ0) is 24.1. The number of ether oxygens (including phenoxy) is 2. The average molecular weight is 477 g/mol. The summed E-state index contributed by atoms with van der Waals surface area (Å²) in [5.74, 6) is 0.547.